The summed E-state index contributed by atoms with van der Waals surface area (Å²) in [4.78, 5) is 16.3. The summed E-state index contributed by atoms with van der Waals surface area (Å²) < 4.78 is 10.2. The topological polar surface area (TPSA) is 84.5 Å². The molecule has 158 valence electrons. The number of methoxy groups -OCH3 is 2. The lowest BCUT2D eigenvalue weighted by Gasteiger charge is -2.18. The Hall–Kier alpha value is -3.71. The first-order valence-electron chi connectivity index (χ1n) is 9.54. The number of carbonyl (C=O) groups is 1. The number of fused-ring (bicyclic) bond motifs is 2. The van der Waals surface area contributed by atoms with Crippen molar-refractivity contribution in [2.45, 2.75) is 0 Å². The zero-order chi connectivity index (χ0) is 22.0. The van der Waals surface area contributed by atoms with E-state index in [1.54, 1.807) is 13.2 Å². The van der Waals surface area contributed by atoms with Gasteiger partial charge in [0.05, 0.1) is 36.8 Å². The van der Waals surface area contributed by atoms with Gasteiger partial charge >= 0.3 is 6.09 Å². The number of rotatable bonds is 5. The molecule has 0 spiro atoms. The van der Waals surface area contributed by atoms with Crippen LogP contribution in [0.15, 0.2) is 54.6 Å². The van der Waals surface area contributed by atoms with Crippen LogP contribution in [0.1, 0.15) is 0 Å². The molecule has 8 heteroatoms. The van der Waals surface area contributed by atoms with Crippen molar-refractivity contribution in [3.63, 3.8) is 0 Å². The van der Waals surface area contributed by atoms with Crippen LogP contribution in [0.3, 0.4) is 0 Å². The van der Waals surface area contributed by atoms with Crippen molar-refractivity contribution < 1.29 is 14.3 Å². The van der Waals surface area contributed by atoms with E-state index >= 15 is 0 Å². The Morgan fingerprint density at radius 3 is 2.58 bits per heavy atom. The summed E-state index contributed by atoms with van der Waals surface area (Å²) in [6.07, 6.45) is -0.530. The molecular formula is C23H21ClN4O3. The van der Waals surface area contributed by atoms with Gasteiger partial charge in [-0.25, -0.2) is 9.78 Å². The maximum absolute atomic E-state index is 11.5. The third-order valence-electron chi connectivity index (χ3n) is 4.93. The number of nitrogens with zero attached hydrogens (tertiary/aromatic N) is 1. The van der Waals surface area contributed by atoms with E-state index < -0.39 is 6.09 Å². The van der Waals surface area contributed by atoms with Crippen molar-refractivity contribution in [3.8, 4) is 5.75 Å². The number of ether oxygens (including phenoxy) is 2. The first-order chi connectivity index (χ1) is 15.0. The van der Waals surface area contributed by atoms with Crippen molar-refractivity contribution in [3.05, 3.63) is 59.6 Å². The fraction of sp³-hybridized carbons (Fsp3) is 0.130. The first kappa shape index (κ1) is 20.6. The van der Waals surface area contributed by atoms with Gasteiger partial charge in [-0.3, -0.25) is 5.32 Å². The minimum absolute atomic E-state index is 0.530. The second kappa shape index (κ2) is 8.57. The molecule has 4 aromatic rings. The maximum Gasteiger partial charge on any atom is 0.411 e. The van der Waals surface area contributed by atoms with Gasteiger partial charge in [-0.15, -0.1) is 0 Å². The zero-order valence-electron chi connectivity index (χ0n) is 17.2. The number of carbonyl (C=O) groups excluding carboxylic acids is 1. The summed E-state index contributed by atoms with van der Waals surface area (Å²) in [6, 6.07) is 16.9. The molecule has 0 aliphatic rings. The average molecular weight is 437 g/mol. The van der Waals surface area contributed by atoms with E-state index in [-0.39, 0.29) is 0 Å². The average Bonchev–Trinajstić information content (AvgIpc) is 2.78. The molecule has 3 aromatic carbocycles. The summed E-state index contributed by atoms with van der Waals surface area (Å²) in [5.74, 6) is 0.675. The molecule has 31 heavy (non-hydrogen) atoms. The normalized spacial score (nSPS) is 10.7. The quantitative estimate of drug-likeness (QED) is 0.332. The number of pyridine rings is 1. The third-order valence-corrected chi connectivity index (χ3v) is 5.17. The van der Waals surface area contributed by atoms with Gasteiger partial charge in [0.15, 0.2) is 0 Å². The monoisotopic (exact) mass is 436 g/mol. The fourth-order valence-electron chi connectivity index (χ4n) is 3.45. The van der Waals surface area contributed by atoms with Gasteiger partial charge in [0.1, 0.15) is 11.3 Å². The Kier molecular flexibility index (Phi) is 5.68. The summed E-state index contributed by atoms with van der Waals surface area (Å²) in [5.41, 5.74) is 4.59. The Morgan fingerprint density at radius 2 is 1.84 bits per heavy atom. The largest absolute Gasteiger partial charge is 0.494 e. The predicted molar refractivity (Wildman–Crippen MR) is 126 cm³/mol. The van der Waals surface area contributed by atoms with Gasteiger partial charge < -0.3 is 20.1 Å². The summed E-state index contributed by atoms with van der Waals surface area (Å²) in [7, 11) is 4.76. The van der Waals surface area contributed by atoms with Crippen LogP contribution >= 0.6 is 11.6 Å². The second-order valence-electron chi connectivity index (χ2n) is 6.76. The summed E-state index contributed by atoms with van der Waals surface area (Å²) in [6.45, 7) is 0. The molecule has 1 aromatic heterocycles. The van der Waals surface area contributed by atoms with Crippen molar-refractivity contribution in [1.29, 1.82) is 0 Å². The van der Waals surface area contributed by atoms with E-state index in [0.29, 0.717) is 16.5 Å². The molecule has 3 N–H and O–H groups in total. The van der Waals surface area contributed by atoms with E-state index in [4.69, 9.17) is 21.3 Å². The number of para-hydroxylation sites is 1. The van der Waals surface area contributed by atoms with E-state index in [0.717, 1.165) is 38.9 Å². The molecule has 0 aliphatic carbocycles. The van der Waals surface area contributed by atoms with Crippen LogP contribution in [0.25, 0.3) is 21.8 Å². The van der Waals surface area contributed by atoms with Crippen LogP contribution in [0.5, 0.6) is 5.75 Å². The van der Waals surface area contributed by atoms with E-state index in [2.05, 4.69) is 20.7 Å². The number of hydrogen-bond donors (Lipinski definition) is 3. The molecule has 7 nitrogen and oxygen atoms in total. The molecule has 0 fully saturated rings. The lowest BCUT2D eigenvalue weighted by atomic mass is 10.1. The highest BCUT2D eigenvalue weighted by atomic mass is 35.5. The van der Waals surface area contributed by atoms with Crippen LogP contribution in [0.2, 0.25) is 5.02 Å². The lowest BCUT2D eigenvalue weighted by molar-refractivity contribution is 0.187. The van der Waals surface area contributed by atoms with Crippen molar-refractivity contribution >= 4 is 62.2 Å². The van der Waals surface area contributed by atoms with E-state index in [1.165, 1.54) is 7.11 Å². The number of hydrogen-bond acceptors (Lipinski definition) is 6. The van der Waals surface area contributed by atoms with Crippen LogP contribution in [0.4, 0.5) is 27.5 Å². The molecule has 4 rings (SSSR count). The Labute approximate surface area is 184 Å². The van der Waals surface area contributed by atoms with Gasteiger partial charge in [0.25, 0.3) is 0 Å². The van der Waals surface area contributed by atoms with Crippen LogP contribution in [0, 0.1) is 0 Å². The third kappa shape index (κ3) is 4.00. The SMILES string of the molecule is CNc1cc(NC(=O)OC)ccc1Nc1c2ccc(Cl)cc2nc2c(OC)cccc12. The summed E-state index contributed by atoms with van der Waals surface area (Å²) in [5, 5.41) is 11.8. The molecule has 0 radical (unpaired) electrons. The van der Waals surface area contributed by atoms with Gasteiger partial charge in [-0.1, -0.05) is 23.7 Å². The highest BCUT2D eigenvalue weighted by molar-refractivity contribution is 6.31. The molecule has 1 amide bonds. The molecule has 0 unspecified atom stereocenters. The van der Waals surface area contributed by atoms with Crippen LogP contribution < -0.4 is 20.7 Å². The molecule has 1 heterocycles. The first-order valence-corrected chi connectivity index (χ1v) is 9.91. The van der Waals surface area contributed by atoms with Crippen molar-refractivity contribution in [2.75, 3.05) is 37.2 Å². The minimum atomic E-state index is -0.530. The Morgan fingerprint density at radius 1 is 1.00 bits per heavy atom. The van der Waals surface area contributed by atoms with Crippen molar-refractivity contribution in [2.24, 2.45) is 0 Å². The summed E-state index contributed by atoms with van der Waals surface area (Å²) >= 11 is 6.23. The zero-order valence-corrected chi connectivity index (χ0v) is 18.0. The number of aromatic nitrogens is 1. The number of halogens is 1. The molecule has 0 saturated heterocycles. The smallest absolute Gasteiger partial charge is 0.411 e. The number of amides is 1. The molecule has 0 aliphatic heterocycles. The van der Waals surface area contributed by atoms with Gasteiger partial charge in [-0.05, 0) is 42.5 Å². The number of anilines is 4. The van der Waals surface area contributed by atoms with E-state index in [1.807, 2.05) is 55.6 Å². The standard InChI is InChI=1S/C23H21ClN4O3/c1-25-19-12-14(26-23(29)31-3)8-10-17(19)27-21-15-9-7-13(24)11-18(15)28-22-16(21)5-4-6-20(22)30-2/h4-12,25H,1-3H3,(H,26,29)(H,27,28). The van der Waals surface area contributed by atoms with Gasteiger partial charge in [-0.2, -0.15) is 0 Å². The maximum atomic E-state index is 11.5. The fourth-order valence-corrected chi connectivity index (χ4v) is 3.62. The van der Waals surface area contributed by atoms with E-state index in [9.17, 15) is 4.79 Å². The number of benzene rings is 3. The Balaban J connectivity index is 1.88. The number of nitrogens with one attached hydrogen (secondary N) is 3. The molecule has 0 atom stereocenters. The molecule has 0 bridgehead atoms. The molecule has 0 saturated carbocycles. The second-order valence-corrected chi connectivity index (χ2v) is 7.19. The highest BCUT2D eigenvalue weighted by Gasteiger charge is 2.15. The van der Waals surface area contributed by atoms with Crippen LogP contribution in [-0.2, 0) is 4.74 Å². The van der Waals surface area contributed by atoms with Gasteiger partial charge in [0.2, 0.25) is 0 Å². The minimum Gasteiger partial charge on any atom is -0.494 e. The van der Waals surface area contributed by atoms with Gasteiger partial charge in [0, 0.05) is 28.5 Å². The van der Waals surface area contributed by atoms with Crippen molar-refractivity contribution in [1.82, 2.24) is 4.98 Å². The lowest BCUT2D eigenvalue weighted by Crippen LogP contribution is -2.11. The predicted octanol–water partition coefficient (Wildman–Crippen LogP) is 6.01. The molecular weight excluding hydrogens is 416 g/mol. The Bertz CT molecular complexity index is 1290. The van der Waals surface area contributed by atoms with Crippen LogP contribution in [-0.4, -0.2) is 32.3 Å². The highest BCUT2D eigenvalue weighted by Crippen LogP contribution is 2.39.